The van der Waals surface area contributed by atoms with Gasteiger partial charge in [-0.15, -0.1) is 0 Å². The molecule has 0 spiro atoms. The van der Waals surface area contributed by atoms with Crippen molar-refractivity contribution in [3.63, 3.8) is 0 Å². The van der Waals surface area contributed by atoms with Crippen molar-refractivity contribution < 1.29 is 26.7 Å². The summed E-state index contributed by atoms with van der Waals surface area (Å²) < 4.78 is 71.8. The molecule has 3 nitrogen and oxygen atoms in total. The molecule has 1 heterocycles. The largest absolute Gasteiger partial charge is 0.481 e. The monoisotopic (exact) mass is 314 g/mol. The molecule has 1 aromatic heterocycles. The van der Waals surface area contributed by atoms with Crippen LogP contribution < -0.4 is 4.74 Å². The van der Waals surface area contributed by atoms with Crippen molar-refractivity contribution in [1.29, 1.82) is 5.26 Å². The quantitative estimate of drug-likeness (QED) is 0.495. The predicted octanol–water partition coefficient (Wildman–Crippen LogP) is 3.52. The van der Waals surface area contributed by atoms with Gasteiger partial charge in [-0.1, -0.05) is 0 Å². The van der Waals surface area contributed by atoms with Gasteiger partial charge in [0.05, 0.1) is 25.2 Å². The highest BCUT2D eigenvalue weighted by atomic mass is 19.2. The first-order valence-corrected chi connectivity index (χ1v) is 5.84. The fraction of sp³-hybridized carbons (Fsp3) is 0.143. The van der Waals surface area contributed by atoms with Crippen LogP contribution in [0.15, 0.2) is 12.3 Å². The second kappa shape index (κ2) is 5.97. The zero-order valence-electron chi connectivity index (χ0n) is 11.1. The van der Waals surface area contributed by atoms with Crippen LogP contribution in [-0.2, 0) is 6.42 Å². The van der Waals surface area contributed by atoms with Gasteiger partial charge < -0.3 is 4.74 Å². The number of rotatable bonds is 3. The maximum atomic E-state index is 13.7. The Morgan fingerprint density at radius 2 is 1.59 bits per heavy atom. The van der Waals surface area contributed by atoms with Crippen LogP contribution in [0.3, 0.4) is 0 Å². The zero-order valence-corrected chi connectivity index (χ0v) is 11.1. The summed E-state index contributed by atoms with van der Waals surface area (Å²) in [6.07, 6.45) is 0.692. The molecule has 0 amide bonds. The van der Waals surface area contributed by atoms with Crippen molar-refractivity contribution in [1.82, 2.24) is 4.98 Å². The third kappa shape index (κ3) is 2.45. The second-order valence-corrected chi connectivity index (χ2v) is 4.17. The number of pyridine rings is 1. The predicted molar refractivity (Wildman–Crippen MR) is 65.3 cm³/mol. The number of methoxy groups -OCH3 is 1. The standard InChI is InChI=1S/C14H7F5N2O/c1-22-14-6(2-3-20)4-7(5-21-14)8-9(15)11(17)13(19)12(18)10(8)16/h4-5H,2H2,1H3. The first-order chi connectivity index (χ1) is 10.4. The number of nitriles is 1. The molecule has 0 fully saturated rings. The molecule has 8 heteroatoms. The van der Waals surface area contributed by atoms with Crippen molar-refractivity contribution in [3.05, 3.63) is 46.9 Å². The highest BCUT2D eigenvalue weighted by molar-refractivity contribution is 5.66. The van der Waals surface area contributed by atoms with Crippen LogP contribution >= 0.6 is 0 Å². The molecular formula is C14H7F5N2O. The molecule has 0 aliphatic heterocycles. The molecule has 0 radical (unpaired) electrons. The summed E-state index contributed by atoms with van der Waals surface area (Å²) in [5, 5.41) is 8.68. The SMILES string of the molecule is COc1ncc(-c2c(F)c(F)c(F)c(F)c2F)cc1CC#N. The van der Waals surface area contributed by atoms with E-state index in [0.29, 0.717) is 0 Å². The van der Waals surface area contributed by atoms with Gasteiger partial charge in [-0.2, -0.15) is 5.26 Å². The van der Waals surface area contributed by atoms with E-state index in [0.717, 1.165) is 12.3 Å². The van der Waals surface area contributed by atoms with Crippen LogP contribution in [0.1, 0.15) is 5.56 Å². The maximum Gasteiger partial charge on any atom is 0.217 e. The molecule has 2 aromatic rings. The van der Waals surface area contributed by atoms with Crippen LogP contribution in [0.25, 0.3) is 11.1 Å². The summed E-state index contributed by atoms with van der Waals surface area (Å²) in [7, 11) is 1.27. The number of hydrogen-bond acceptors (Lipinski definition) is 3. The summed E-state index contributed by atoms with van der Waals surface area (Å²) in [4.78, 5) is 3.71. The van der Waals surface area contributed by atoms with Gasteiger partial charge in [0.15, 0.2) is 23.3 Å². The average molecular weight is 314 g/mol. The smallest absolute Gasteiger partial charge is 0.217 e. The Labute approximate surface area is 121 Å². The van der Waals surface area contributed by atoms with Crippen LogP contribution in [0, 0.1) is 40.4 Å². The number of hydrogen-bond donors (Lipinski definition) is 0. The Morgan fingerprint density at radius 1 is 1.05 bits per heavy atom. The van der Waals surface area contributed by atoms with Gasteiger partial charge in [0.2, 0.25) is 11.7 Å². The van der Waals surface area contributed by atoms with Crippen molar-refractivity contribution in [3.8, 4) is 23.1 Å². The van der Waals surface area contributed by atoms with Gasteiger partial charge in [-0.25, -0.2) is 26.9 Å². The zero-order chi connectivity index (χ0) is 16.4. The number of ether oxygens (including phenoxy) is 1. The molecule has 0 saturated carbocycles. The van der Waals surface area contributed by atoms with Gasteiger partial charge >= 0.3 is 0 Å². The van der Waals surface area contributed by atoms with E-state index in [4.69, 9.17) is 10.00 Å². The van der Waals surface area contributed by atoms with E-state index in [1.807, 2.05) is 0 Å². The van der Waals surface area contributed by atoms with Crippen LogP contribution in [0.5, 0.6) is 5.88 Å². The highest BCUT2D eigenvalue weighted by Gasteiger charge is 2.27. The molecule has 0 saturated heterocycles. The number of aromatic nitrogens is 1. The van der Waals surface area contributed by atoms with Crippen molar-refractivity contribution in [2.75, 3.05) is 7.11 Å². The summed E-state index contributed by atoms with van der Waals surface area (Å²) in [6, 6.07) is 2.87. The fourth-order valence-electron chi connectivity index (χ4n) is 1.89. The number of benzene rings is 1. The van der Waals surface area contributed by atoms with Gasteiger partial charge in [-0.3, -0.25) is 0 Å². The van der Waals surface area contributed by atoms with Crippen molar-refractivity contribution in [2.24, 2.45) is 0 Å². The highest BCUT2D eigenvalue weighted by Crippen LogP contribution is 2.33. The van der Waals surface area contributed by atoms with E-state index in [1.165, 1.54) is 7.11 Å². The molecule has 0 unspecified atom stereocenters. The summed E-state index contributed by atoms with van der Waals surface area (Å²) >= 11 is 0. The lowest BCUT2D eigenvalue weighted by Crippen LogP contribution is -2.05. The first-order valence-electron chi connectivity index (χ1n) is 5.84. The van der Waals surface area contributed by atoms with Crippen LogP contribution in [-0.4, -0.2) is 12.1 Å². The average Bonchev–Trinajstić information content (AvgIpc) is 2.52. The molecule has 0 atom stereocenters. The van der Waals surface area contributed by atoms with Gasteiger partial charge in [0, 0.05) is 17.3 Å². The normalized spacial score (nSPS) is 10.4. The minimum atomic E-state index is -2.24. The molecule has 0 bridgehead atoms. The first kappa shape index (κ1) is 15.7. The molecule has 22 heavy (non-hydrogen) atoms. The summed E-state index contributed by atoms with van der Waals surface area (Å²) in [5.74, 6) is -10.2. The minimum absolute atomic E-state index is 0.0224. The lowest BCUT2D eigenvalue weighted by molar-refractivity contribution is 0.381. The lowest BCUT2D eigenvalue weighted by atomic mass is 10.0. The Kier molecular flexibility index (Phi) is 4.26. The van der Waals surface area contributed by atoms with E-state index in [1.54, 1.807) is 6.07 Å². The molecule has 2 rings (SSSR count). The van der Waals surface area contributed by atoms with Gasteiger partial charge in [-0.05, 0) is 6.07 Å². The Balaban J connectivity index is 2.73. The number of nitrogens with zero attached hydrogens (tertiary/aromatic N) is 2. The fourth-order valence-corrected chi connectivity index (χ4v) is 1.89. The van der Waals surface area contributed by atoms with E-state index >= 15 is 0 Å². The van der Waals surface area contributed by atoms with E-state index in [2.05, 4.69) is 4.98 Å². The van der Waals surface area contributed by atoms with Gasteiger partial charge in [0.1, 0.15) is 0 Å². The molecule has 1 aromatic carbocycles. The van der Waals surface area contributed by atoms with Crippen molar-refractivity contribution in [2.45, 2.75) is 6.42 Å². The molecule has 0 N–H and O–H groups in total. The van der Waals surface area contributed by atoms with Gasteiger partial charge in [0.25, 0.3) is 0 Å². The topological polar surface area (TPSA) is 45.9 Å². The minimum Gasteiger partial charge on any atom is -0.481 e. The lowest BCUT2D eigenvalue weighted by Gasteiger charge is -2.10. The second-order valence-electron chi connectivity index (χ2n) is 4.17. The molecule has 0 aliphatic rings. The summed E-state index contributed by atoms with van der Waals surface area (Å²) in [6.45, 7) is 0. The number of halogens is 5. The Bertz CT molecular complexity index is 757. The Morgan fingerprint density at radius 3 is 2.09 bits per heavy atom. The van der Waals surface area contributed by atoms with E-state index < -0.39 is 34.6 Å². The molecular weight excluding hydrogens is 307 g/mol. The van der Waals surface area contributed by atoms with E-state index in [-0.39, 0.29) is 23.4 Å². The van der Waals surface area contributed by atoms with E-state index in [9.17, 15) is 22.0 Å². The molecule has 0 aliphatic carbocycles. The molecule has 114 valence electrons. The van der Waals surface area contributed by atoms with Crippen molar-refractivity contribution >= 4 is 0 Å². The van der Waals surface area contributed by atoms with Crippen LogP contribution in [0.4, 0.5) is 22.0 Å². The summed E-state index contributed by atoms with van der Waals surface area (Å²) in [5.41, 5.74) is -1.30. The third-order valence-corrected chi connectivity index (χ3v) is 2.89. The van der Waals surface area contributed by atoms with Crippen LogP contribution in [0.2, 0.25) is 0 Å². The maximum absolute atomic E-state index is 13.7. The third-order valence-electron chi connectivity index (χ3n) is 2.89. The Hall–Kier alpha value is -2.69.